The molecule has 0 saturated carbocycles. The number of nitrogens with zero attached hydrogens (tertiary/aromatic N) is 3. The first-order chi connectivity index (χ1) is 10.7. The molecule has 2 N–H and O–H groups in total. The highest BCUT2D eigenvalue weighted by Gasteiger charge is 2.20. The zero-order valence-electron chi connectivity index (χ0n) is 12.4. The number of hydrogen-bond donors (Lipinski definition) is 2. The van der Waals surface area contributed by atoms with Crippen LogP contribution < -0.4 is 10.6 Å². The van der Waals surface area contributed by atoms with E-state index in [1.54, 1.807) is 0 Å². The molecule has 1 unspecified atom stereocenters. The Labute approximate surface area is 132 Å². The zero-order chi connectivity index (χ0) is 15.5. The third-order valence-electron chi connectivity index (χ3n) is 3.37. The van der Waals surface area contributed by atoms with Crippen LogP contribution in [0.25, 0.3) is 0 Å². The van der Waals surface area contributed by atoms with Crippen LogP contribution in [0.2, 0.25) is 0 Å². The van der Waals surface area contributed by atoms with Gasteiger partial charge in [0.15, 0.2) is 5.13 Å². The number of methoxy groups -OCH3 is 1. The largest absolute Gasteiger partial charge is 0.465 e. The van der Waals surface area contributed by atoms with Gasteiger partial charge in [0.2, 0.25) is 0 Å². The molecule has 1 saturated heterocycles. The van der Waals surface area contributed by atoms with Gasteiger partial charge >= 0.3 is 5.97 Å². The van der Waals surface area contributed by atoms with Crippen molar-refractivity contribution in [1.29, 1.82) is 0 Å². The monoisotopic (exact) mass is 319 g/mol. The molecule has 0 amide bonds. The van der Waals surface area contributed by atoms with E-state index >= 15 is 0 Å². The second-order valence-electron chi connectivity index (χ2n) is 5.05. The molecule has 0 aliphatic carbocycles. The van der Waals surface area contributed by atoms with E-state index < -0.39 is 0 Å². The van der Waals surface area contributed by atoms with Gasteiger partial charge in [-0.1, -0.05) is 11.3 Å². The van der Waals surface area contributed by atoms with Crippen LogP contribution in [0.15, 0.2) is 12.3 Å². The Morgan fingerprint density at radius 2 is 2.36 bits per heavy atom. The van der Waals surface area contributed by atoms with Crippen LogP contribution in [0.3, 0.4) is 0 Å². The summed E-state index contributed by atoms with van der Waals surface area (Å²) in [6.45, 7) is 2.94. The molecule has 22 heavy (non-hydrogen) atoms. The van der Waals surface area contributed by atoms with Gasteiger partial charge in [0, 0.05) is 11.8 Å². The molecule has 8 heteroatoms. The van der Waals surface area contributed by atoms with Crippen molar-refractivity contribution >= 4 is 28.3 Å². The lowest BCUT2D eigenvalue weighted by Crippen LogP contribution is -2.16. The molecule has 1 fully saturated rings. The van der Waals surface area contributed by atoms with E-state index in [1.165, 1.54) is 24.6 Å². The van der Waals surface area contributed by atoms with Gasteiger partial charge in [-0.3, -0.25) is 0 Å². The first kappa shape index (κ1) is 14.9. The van der Waals surface area contributed by atoms with Crippen LogP contribution in [0.5, 0.6) is 0 Å². The van der Waals surface area contributed by atoms with E-state index in [0.29, 0.717) is 15.8 Å². The molecule has 0 aromatic carbocycles. The topological polar surface area (TPSA) is 89.0 Å². The van der Waals surface area contributed by atoms with Gasteiger partial charge < -0.3 is 15.4 Å². The molecule has 1 atom stereocenters. The van der Waals surface area contributed by atoms with Gasteiger partial charge in [-0.25, -0.2) is 19.7 Å². The van der Waals surface area contributed by atoms with Crippen molar-refractivity contribution in [2.24, 2.45) is 0 Å². The van der Waals surface area contributed by atoms with Gasteiger partial charge in [-0.2, -0.15) is 0 Å². The Kier molecular flexibility index (Phi) is 4.30. The van der Waals surface area contributed by atoms with Crippen LogP contribution in [-0.2, 0) is 4.74 Å². The van der Waals surface area contributed by atoms with E-state index in [4.69, 9.17) is 0 Å². The summed E-state index contributed by atoms with van der Waals surface area (Å²) in [5.41, 5.74) is 0.894. The van der Waals surface area contributed by atoms with Crippen LogP contribution in [0.4, 0.5) is 10.9 Å². The summed E-state index contributed by atoms with van der Waals surface area (Å²) in [5.74, 6) is 1.09. The van der Waals surface area contributed by atoms with Crippen molar-refractivity contribution in [1.82, 2.24) is 20.3 Å². The SMILES string of the molecule is COC(=O)c1cnc(Nc2cc(C)nc(C3CCCN3)n2)s1. The van der Waals surface area contributed by atoms with Crippen molar-refractivity contribution in [2.45, 2.75) is 25.8 Å². The summed E-state index contributed by atoms with van der Waals surface area (Å²) in [7, 11) is 1.35. The average molecular weight is 319 g/mol. The molecular weight excluding hydrogens is 302 g/mol. The maximum atomic E-state index is 11.4. The molecule has 1 aliphatic rings. The van der Waals surface area contributed by atoms with Crippen molar-refractivity contribution in [3.63, 3.8) is 0 Å². The number of thiazole rings is 1. The van der Waals surface area contributed by atoms with E-state index in [9.17, 15) is 4.79 Å². The Morgan fingerprint density at radius 1 is 1.50 bits per heavy atom. The van der Waals surface area contributed by atoms with E-state index in [-0.39, 0.29) is 12.0 Å². The molecule has 2 aromatic heterocycles. The second kappa shape index (κ2) is 6.37. The van der Waals surface area contributed by atoms with E-state index in [2.05, 4.69) is 30.3 Å². The lowest BCUT2D eigenvalue weighted by molar-refractivity contribution is 0.0606. The number of nitrogens with one attached hydrogen (secondary N) is 2. The number of esters is 1. The van der Waals surface area contributed by atoms with Crippen LogP contribution in [0.1, 0.15) is 40.1 Å². The summed E-state index contributed by atoms with van der Waals surface area (Å²) in [6, 6.07) is 2.07. The number of aryl methyl sites for hydroxylation is 1. The average Bonchev–Trinajstić information content (AvgIpc) is 3.17. The Bertz CT molecular complexity index is 682. The van der Waals surface area contributed by atoms with Crippen molar-refractivity contribution < 1.29 is 9.53 Å². The predicted octanol–water partition coefficient (Wildman–Crippen LogP) is 2.20. The molecule has 116 valence electrons. The molecule has 0 bridgehead atoms. The number of carbonyl (C=O) groups is 1. The predicted molar refractivity (Wildman–Crippen MR) is 83.5 cm³/mol. The maximum absolute atomic E-state index is 11.4. The standard InChI is InChI=1S/C14H17N5O2S/c1-8-6-11(18-12(17-8)9-4-3-5-15-9)19-14-16-7-10(22-14)13(20)21-2/h6-7,9,15H,3-5H2,1-2H3,(H,16,17,18,19). The molecule has 0 spiro atoms. The summed E-state index contributed by atoms with van der Waals surface area (Å²) >= 11 is 1.23. The van der Waals surface area contributed by atoms with Crippen molar-refractivity contribution in [3.8, 4) is 0 Å². The Balaban J connectivity index is 1.79. The lowest BCUT2D eigenvalue weighted by atomic mass is 10.2. The van der Waals surface area contributed by atoms with E-state index in [1.807, 2.05) is 13.0 Å². The molecule has 0 radical (unpaired) electrons. The molecule has 1 aliphatic heterocycles. The molecule has 2 aromatic rings. The fraction of sp³-hybridized carbons (Fsp3) is 0.429. The normalized spacial score (nSPS) is 17.5. The highest BCUT2D eigenvalue weighted by atomic mass is 32.1. The highest BCUT2D eigenvalue weighted by molar-refractivity contribution is 7.17. The van der Waals surface area contributed by atoms with E-state index in [0.717, 1.165) is 30.9 Å². The van der Waals surface area contributed by atoms with Gasteiger partial charge in [0.25, 0.3) is 0 Å². The fourth-order valence-electron chi connectivity index (χ4n) is 2.35. The highest BCUT2D eigenvalue weighted by Crippen LogP contribution is 2.25. The fourth-order valence-corrected chi connectivity index (χ4v) is 3.09. The first-order valence-corrected chi connectivity index (χ1v) is 7.87. The van der Waals surface area contributed by atoms with Crippen LogP contribution in [-0.4, -0.2) is 34.6 Å². The van der Waals surface area contributed by atoms with Gasteiger partial charge in [0.05, 0.1) is 19.3 Å². The molecule has 7 nitrogen and oxygen atoms in total. The van der Waals surface area contributed by atoms with Crippen LogP contribution >= 0.6 is 11.3 Å². The lowest BCUT2D eigenvalue weighted by Gasteiger charge is -2.11. The minimum absolute atomic E-state index is 0.211. The number of aromatic nitrogens is 3. The smallest absolute Gasteiger partial charge is 0.349 e. The number of carbonyl (C=O) groups excluding carboxylic acids is 1. The zero-order valence-corrected chi connectivity index (χ0v) is 13.2. The van der Waals surface area contributed by atoms with Crippen molar-refractivity contribution in [3.05, 3.63) is 28.7 Å². The summed E-state index contributed by atoms with van der Waals surface area (Å²) in [5, 5.41) is 7.12. The summed E-state index contributed by atoms with van der Waals surface area (Å²) in [6.07, 6.45) is 3.68. The maximum Gasteiger partial charge on any atom is 0.349 e. The quantitative estimate of drug-likeness (QED) is 0.835. The van der Waals surface area contributed by atoms with Crippen LogP contribution in [0, 0.1) is 6.92 Å². The third kappa shape index (κ3) is 3.23. The molecule has 3 heterocycles. The minimum Gasteiger partial charge on any atom is -0.465 e. The Hall–Kier alpha value is -2.06. The van der Waals surface area contributed by atoms with Gasteiger partial charge in [-0.15, -0.1) is 0 Å². The Morgan fingerprint density at radius 3 is 3.09 bits per heavy atom. The summed E-state index contributed by atoms with van der Waals surface area (Å²) < 4.78 is 4.68. The van der Waals surface area contributed by atoms with Crippen molar-refractivity contribution in [2.75, 3.05) is 19.0 Å². The minimum atomic E-state index is -0.389. The number of anilines is 2. The third-order valence-corrected chi connectivity index (χ3v) is 4.26. The molecular formula is C14H17N5O2S. The number of rotatable bonds is 4. The van der Waals surface area contributed by atoms with Gasteiger partial charge in [-0.05, 0) is 26.3 Å². The number of ether oxygens (including phenoxy) is 1. The summed E-state index contributed by atoms with van der Waals surface area (Å²) in [4.78, 5) is 25.1. The van der Waals surface area contributed by atoms with Gasteiger partial charge in [0.1, 0.15) is 16.5 Å². The number of hydrogen-bond acceptors (Lipinski definition) is 8. The first-order valence-electron chi connectivity index (χ1n) is 7.06. The second-order valence-corrected chi connectivity index (χ2v) is 6.08. The molecule has 3 rings (SSSR count).